The molecular weight excluding hydrogens is 258 g/mol. The highest BCUT2D eigenvalue weighted by molar-refractivity contribution is 7.90. The lowest BCUT2D eigenvalue weighted by atomic mass is 10.00. The Bertz CT molecular complexity index is 686. The Kier molecular flexibility index (Phi) is 3.00. The van der Waals surface area contributed by atoms with E-state index in [9.17, 15) is 4.55 Å². The Hall–Kier alpha value is -1.85. The number of benzene rings is 1. The number of allylic oxidation sites excluding steroid dienone is 1. The maximum Gasteiger partial charge on any atom is 0.347 e. The second-order valence-electron chi connectivity index (χ2n) is 4.24. The highest BCUT2D eigenvalue weighted by atomic mass is 32.2. The molecule has 0 fully saturated rings. The number of hydrogen-bond donors (Lipinski definition) is 0. The van der Waals surface area contributed by atoms with Crippen LogP contribution in [0.25, 0.3) is 17.8 Å². The molecule has 4 nitrogen and oxygen atoms in total. The van der Waals surface area contributed by atoms with Crippen LogP contribution in [-0.4, -0.2) is 25.6 Å². The first kappa shape index (κ1) is 12.2. The number of nitrogens with zero attached hydrogens (tertiary/aromatic N) is 3. The number of fused-ring (bicyclic) bond motifs is 2. The molecule has 2 aromatic rings. The van der Waals surface area contributed by atoms with Gasteiger partial charge >= 0.3 is 5.16 Å². The zero-order valence-electron chi connectivity index (χ0n) is 10.7. The van der Waals surface area contributed by atoms with Crippen LogP contribution in [0.4, 0.5) is 0 Å². The van der Waals surface area contributed by atoms with Crippen molar-refractivity contribution in [3.63, 3.8) is 0 Å². The number of hydrogen-bond acceptors (Lipinski definition) is 3. The van der Waals surface area contributed by atoms with Crippen LogP contribution >= 0.6 is 0 Å². The molecule has 5 heteroatoms. The Morgan fingerprint density at radius 3 is 2.79 bits per heavy atom. The zero-order valence-corrected chi connectivity index (χ0v) is 11.5. The van der Waals surface area contributed by atoms with Crippen molar-refractivity contribution in [2.45, 2.75) is 12.1 Å². The quantitative estimate of drug-likeness (QED) is 0.639. The average molecular weight is 271 g/mol. The zero-order chi connectivity index (χ0) is 13.4. The molecule has 19 heavy (non-hydrogen) atoms. The maximum atomic E-state index is 11.7. The highest BCUT2D eigenvalue weighted by Crippen LogP contribution is 2.30. The van der Waals surface area contributed by atoms with Gasteiger partial charge in [0.1, 0.15) is 6.26 Å². The van der Waals surface area contributed by atoms with Crippen LogP contribution in [-0.2, 0) is 11.2 Å². The minimum atomic E-state index is -1.17. The van der Waals surface area contributed by atoms with E-state index in [1.54, 1.807) is 10.8 Å². The molecule has 3 rings (SSSR count). The van der Waals surface area contributed by atoms with Gasteiger partial charge in [-0.25, -0.2) is 4.57 Å². The molecule has 0 radical (unpaired) electrons. The third kappa shape index (κ3) is 1.91. The molecule has 1 atom stereocenters. The van der Waals surface area contributed by atoms with Crippen LogP contribution in [0.2, 0.25) is 0 Å². The van der Waals surface area contributed by atoms with E-state index >= 15 is 0 Å². The van der Waals surface area contributed by atoms with Crippen molar-refractivity contribution >= 4 is 29.0 Å². The predicted molar refractivity (Wildman–Crippen MR) is 76.8 cm³/mol. The van der Waals surface area contributed by atoms with Crippen molar-refractivity contribution in [2.24, 2.45) is 0 Å². The van der Waals surface area contributed by atoms with Gasteiger partial charge in [0, 0.05) is 22.9 Å². The SMILES string of the molecule is CC=C1c2ccccc2C=Cn2c1nnc2[S+](C)[O-]. The van der Waals surface area contributed by atoms with Crippen LogP contribution < -0.4 is 0 Å². The van der Waals surface area contributed by atoms with Crippen molar-refractivity contribution in [2.75, 3.05) is 6.26 Å². The molecule has 0 amide bonds. The van der Waals surface area contributed by atoms with Gasteiger partial charge in [0.05, 0.1) is 0 Å². The summed E-state index contributed by atoms with van der Waals surface area (Å²) in [5.41, 5.74) is 3.24. The monoisotopic (exact) mass is 271 g/mol. The summed E-state index contributed by atoms with van der Waals surface area (Å²) in [4.78, 5) is 0. The summed E-state index contributed by atoms with van der Waals surface area (Å²) in [5.74, 6) is 0.730. The van der Waals surface area contributed by atoms with Crippen LogP contribution in [0.1, 0.15) is 23.9 Å². The molecular formula is C14H13N3OS. The van der Waals surface area contributed by atoms with Crippen molar-refractivity contribution < 1.29 is 4.55 Å². The van der Waals surface area contributed by atoms with Crippen molar-refractivity contribution in [1.82, 2.24) is 14.8 Å². The van der Waals surface area contributed by atoms with Gasteiger partial charge < -0.3 is 4.55 Å². The van der Waals surface area contributed by atoms with E-state index in [2.05, 4.69) is 22.3 Å². The molecule has 1 aliphatic heterocycles. The van der Waals surface area contributed by atoms with Gasteiger partial charge in [-0.1, -0.05) is 35.4 Å². The third-order valence-electron chi connectivity index (χ3n) is 3.11. The topological polar surface area (TPSA) is 53.8 Å². The van der Waals surface area contributed by atoms with Gasteiger partial charge in [-0.05, 0) is 24.1 Å². The molecule has 0 aliphatic carbocycles. The van der Waals surface area contributed by atoms with E-state index in [1.165, 1.54) is 0 Å². The largest absolute Gasteiger partial charge is 0.609 e. The highest BCUT2D eigenvalue weighted by Gasteiger charge is 2.23. The lowest BCUT2D eigenvalue weighted by Gasteiger charge is -2.07. The van der Waals surface area contributed by atoms with Gasteiger partial charge in [-0.15, -0.1) is 5.10 Å². The molecule has 0 saturated carbocycles. The molecule has 0 saturated heterocycles. The van der Waals surface area contributed by atoms with E-state index in [-0.39, 0.29) is 0 Å². The fourth-order valence-corrected chi connectivity index (χ4v) is 2.82. The second kappa shape index (κ2) is 4.68. The normalized spacial score (nSPS) is 16.9. The van der Waals surface area contributed by atoms with E-state index in [0.29, 0.717) is 5.16 Å². The minimum absolute atomic E-state index is 0.471. The molecule has 0 bridgehead atoms. The summed E-state index contributed by atoms with van der Waals surface area (Å²) in [6, 6.07) is 8.11. The fourth-order valence-electron chi connectivity index (χ4n) is 2.24. The van der Waals surface area contributed by atoms with Gasteiger partial charge in [-0.3, -0.25) is 0 Å². The Balaban J connectivity index is 2.28. The third-order valence-corrected chi connectivity index (χ3v) is 3.90. The second-order valence-corrected chi connectivity index (χ2v) is 5.51. The Morgan fingerprint density at radius 2 is 2.05 bits per heavy atom. The molecule has 1 aliphatic rings. The van der Waals surface area contributed by atoms with Gasteiger partial charge in [-0.2, -0.15) is 0 Å². The smallest absolute Gasteiger partial charge is 0.347 e. The lowest BCUT2D eigenvalue weighted by molar-refractivity contribution is 0.589. The average Bonchev–Trinajstić information content (AvgIpc) is 2.76. The molecule has 1 unspecified atom stereocenters. The Labute approximate surface area is 114 Å². The molecule has 2 heterocycles. The van der Waals surface area contributed by atoms with Gasteiger partial charge in [0.2, 0.25) is 0 Å². The standard InChI is InChI=1S/C14H13N3OS/c1-3-11-12-7-5-4-6-10(12)8-9-17-13(11)15-16-14(17)19(2)18/h3-9H,1-2H3. The first-order valence-electron chi connectivity index (χ1n) is 5.95. The summed E-state index contributed by atoms with van der Waals surface area (Å²) in [5, 5.41) is 8.69. The number of aromatic nitrogens is 3. The van der Waals surface area contributed by atoms with Crippen LogP contribution in [0, 0.1) is 0 Å². The molecule has 1 aromatic heterocycles. The fraction of sp³-hybridized carbons (Fsp3) is 0.143. The summed E-state index contributed by atoms with van der Waals surface area (Å²) in [6.45, 7) is 1.97. The maximum absolute atomic E-state index is 11.7. The van der Waals surface area contributed by atoms with Gasteiger partial charge in [0.25, 0.3) is 0 Å². The summed E-state index contributed by atoms with van der Waals surface area (Å²) < 4.78 is 13.5. The van der Waals surface area contributed by atoms with E-state index in [1.807, 2.05) is 37.4 Å². The molecule has 1 aromatic carbocycles. The van der Waals surface area contributed by atoms with Gasteiger partial charge in [0.15, 0.2) is 5.82 Å². The lowest BCUT2D eigenvalue weighted by Crippen LogP contribution is -2.06. The predicted octanol–water partition coefficient (Wildman–Crippen LogP) is 2.41. The van der Waals surface area contributed by atoms with Crippen molar-refractivity contribution in [3.05, 3.63) is 47.3 Å². The Morgan fingerprint density at radius 1 is 1.26 bits per heavy atom. The molecule has 96 valence electrons. The molecule has 0 spiro atoms. The number of rotatable bonds is 1. The minimum Gasteiger partial charge on any atom is -0.609 e. The van der Waals surface area contributed by atoms with Crippen LogP contribution in [0.3, 0.4) is 0 Å². The van der Waals surface area contributed by atoms with E-state index < -0.39 is 11.2 Å². The van der Waals surface area contributed by atoms with Crippen molar-refractivity contribution in [3.8, 4) is 0 Å². The summed E-state index contributed by atoms with van der Waals surface area (Å²) >= 11 is -1.17. The summed E-state index contributed by atoms with van der Waals surface area (Å²) in [7, 11) is 0. The molecule has 0 N–H and O–H groups in total. The van der Waals surface area contributed by atoms with Crippen molar-refractivity contribution in [1.29, 1.82) is 0 Å². The van der Waals surface area contributed by atoms with Crippen LogP contribution in [0.5, 0.6) is 0 Å². The summed E-state index contributed by atoms with van der Waals surface area (Å²) in [6.07, 6.45) is 7.49. The first-order chi connectivity index (χ1) is 9.22. The first-order valence-corrected chi connectivity index (χ1v) is 7.51. The van der Waals surface area contributed by atoms with E-state index in [4.69, 9.17) is 0 Å². The van der Waals surface area contributed by atoms with E-state index in [0.717, 1.165) is 22.5 Å². The van der Waals surface area contributed by atoms with Crippen LogP contribution in [0.15, 0.2) is 35.5 Å².